The third-order valence-electron chi connectivity index (χ3n) is 2.09. The molecule has 0 amide bonds. The number of carboxylic acids is 1. The Morgan fingerprint density at radius 2 is 2.13 bits per heavy atom. The van der Waals surface area contributed by atoms with Crippen molar-refractivity contribution in [3.63, 3.8) is 0 Å². The van der Waals surface area contributed by atoms with Crippen molar-refractivity contribution in [2.75, 3.05) is 0 Å². The molecular weight excluding hydrogens is 200 g/mol. The molecule has 0 aromatic heterocycles. The van der Waals surface area contributed by atoms with E-state index in [4.69, 9.17) is 10.8 Å². The maximum atomic E-state index is 12.5. The summed E-state index contributed by atoms with van der Waals surface area (Å²) in [4.78, 5) is 10.5. The minimum absolute atomic E-state index is 0.00296. The highest BCUT2D eigenvalue weighted by molar-refractivity contribution is 5.73. The molecule has 5 heteroatoms. The largest absolute Gasteiger partial charge is 0.508 e. The summed E-state index contributed by atoms with van der Waals surface area (Å²) in [6, 6.07) is 3.01. The lowest BCUT2D eigenvalue weighted by molar-refractivity contribution is -0.138. The lowest BCUT2D eigenvalue weighted by Crippen LogP contribution is -2.32. The minimum atomic E-state index is -1.15. The number of rotatable bonds is 4. The van der Waals surface area contributed by atoms with E-state index in [-0.39, 0.29) is 12.2 Å². The summed E-state index contributed by atoms with van der Waals surface area (Å²) >= 11 is 0. The van der Waals surface area contributed by atoms with Crippen LogP contribution in [0.15, 0.2) is 18.2 Å². The van der Waals surface area contributed by atoms with Crippen molar-refractivity contribution in [1.82, 2.24) is 0 Å². The molecule has 1 rings (SSSR count). The molecule has 15 heavy (non-hydrogen) atoms. The summed E-state index contributed by atoms with van der Waals surface area (Å²) in [5.41, 5.74) is 6.09. The molecule has 1 aromatic carbocycles. The Balaban J connectivity index is 2.91. The Hall–Kier alpha value is -1.62. The van der Waals surface area contributed by atoms with Crippen molar-refractivity contribution in [2.24, 2.45) is 5.73 Å². The van der Waals surface area contributed by atoms with Crippen LogP contribution in [-0.2, 0) is 17.9 Å². The summed E-state index contributed by atoms with van der Waals surface area (Å²) in [6.45, 7) is -0.706. The number of aromatic hydroxyl groups is 1. The molecule has 0 aliphatic heterocycles. The number of phenolic OH excluding ortho intramolecular Hbond substituents is 1. The fraction of sp³-hybridized carbons (Fsp3) is 0.300. The minimum Gasteiger partial charge on any atom is -0.508 e. The Bertz CT molecular complexity index is 368. The van der Waals surface area contributed by atoms with Gasteiger partial charge in [-0.3, -0.25) is 4.79 Å². The fourth-order valence-electron chi connectivity index (χ4n) is 1.26. The first-order valence-electron chi connectivity index (χ1n) is 4.39. The molecule has 0 heterocycles. The quantitative estimate of drug-likeness (QED) is 0.689. The van der Waals surface area contributed by atoms with E-state index in [1.165, 1.54) is 18.2 Å². The van der Waals surface area contributed by atoms with Crippen LogP contribution in [0.1, 0.15) is 11.1 Å². The van der Waals surface area contributed by atoms with Crippen LogP contribution in [0.2, 0.25) is 0 Å². The average Bonchev–Trinajstić information content (AvgIpc) is 2.18. The third kappa shape index (κ3) is 2.92. The second-order valence-corrected chi connectivity index (χ2v) is 3.24. The number of alkyl halides is 1. The van der Waals surface area contributed by atoms with Crippen LogP contribution in [0.5, 0.6) is 5.75 Å². The van der Waals surface area contributed by atoms with Gasteiger partial charge in [0.2, 0.25) is 0 Å². The highest BCUT2D eigenvalue weighted by atomic mass is 18.2. The van der Waals surface area contributed by atoms with E-state index >= 15 is 0 Å². The molecular formula is C10H12FNO3. The summed E-state index contributed by atoms with van der Waals surface area (Å²) in [7, 11) is 0. The van der Waals surface area contributed by atoms with Crippen LogP contribution in [0, 0.1) is 0 Å². The molecule has 0 aliphatic carbocycles. The molecule has 82 valence electrons. The molecule has 0 fully saturated rings. The summed E-state index contributed by atoms with van der Waals surface area (Å²) < 4.78 is 12.5. The van der Waals surface area contributed by atoms with Crippen molar-refractivity contribution in [3.8, 4) is 5.75 Å². The topological polar surface area (TPSA) is 83.5 Å². The summed E-state index contributed by atoms with van der Waals surface area (Å²) in [5.74, 6) is -1.18. The Morgan fingerprint density at radius 3 is 2.67 bits per heavy atom. The van der Waals surface area contributed by atoms with E-state index in [1.807, 2.05) is 0 Å². The molecule has 0 spiro atoms. The van der Waals surface area contributed by atoms with Crippen LogP contribution in [0.3, 0.4) is 0 Å². The molecule has 1 unspecified atom stereocenters. The van der Waals surface area contributed by atoms with Crippen molar-refractivity contribution in [2.45, 2.75) is 19.1 Å². The zero-order chi connectivity index (χ0) is 11.4. The predicted molar refractivity (Wildman–Crippen MR) is 52.2 cm³/mol. The molecule has 1 atom stereocenters. The lowest BCUT2D eigenvalue weighted by Gasteiger charge is -2.10. The highest BCUT2D eigenvalue weighted by Gasteiger charge is 2.14. The fourth-order valence-corrected chi connectivity index (χ4v) is 1.26. The first kappa shape index (κ1) is 11.5. The highest BCUT2D eigenvalue weighted by Crippen LogP contribution is 2.18. The Morgan fingerprint density at radius 1 is 1.47 bits per heavy atom. The number of nitrogens with two attached hydrogens (primary N) is 1. The van der Waals surface area contributed by atoms with Gasteiger partial charge in [0.05, 0.1) is 0 Å². The van der Waals surface area contributed by atoms with Gasteiger partial charge in [0.25, 0.3) is 0 Å². The molecule has 0 saturated heterocycles. The van der Waals surface area contributed by atoms with Gasteiger partial charge in [-0.1, -0.05) is 6.07 Å². The average molecular weight is 212 g/mol. The number of carbonyl (C=O) groups is 1. The smallest absolute Gasteiger partial charge is 0.320 e. The zero-order valence-corrected chi connectivity index (χ0v) is 7.98. The van der Waals surface area contributed by atoms with E-state index in [1.54, 1.807) is 0 Å². The second-order valence-electron chi connectivity index (χ2n) is 3.24. The van der Waals surface area contributed by atoms with Gasteiger partial charge in [0.15, 0.2) is 0 Å². The van der Waals surface area contributed by atoms with Gasteiger partial charge < -0.3 is 15.9 Å². The number of hydrogen-bond acceptors (Lipinski definition) is 3. The van der Waals surface area contributed by atoms with Gasteiger partial charge in [-0.05, 0) is 29.7 Å². The number of carboxylic acid groups (broad SMARTS) is 1. The third-order valence-corrected chi connectivity index (χ3v) is 2.09. The van der Waals surface area contributed by atoms with E-state index in [0.717, 1.165) is 0 Å². The predicted octanol–water partition coefficient (Wildman–Crippen LogP) is 0.816. The van der Waals surface area contributed by atoms with E-state index < -0.39 is 18.7 Å². The van der Waals surface area contributed by atoms with Crippen LogP contribution in [-0.4, -0.2) is 22.2 Å². The monoisotopic (exact) mass is 212 g/mol. The number of aliphatic carboxylic acids is 1. The van der Waals surface area contributed by atoms with Gasteiger partial charge in [0, 0.05) is 0 Å². The molecule has 4 nitrogen and oxygen atoms in total. The standard InChI is InChI=1S/C10H12FNO3/c11-5-6-1-2-8(13)3-7(6)4-9(12)10(14)15/h1-3,9,13H,4-5,12H2,(H,14,15)/i11-1. The van der Waals surface area contributed by atoms with Gasteiger partial charge in [-0.15, -0.1) is 0 Å². The molecule has 0 bridgehead atoms. The van der Waals surface area contributed by atoms with Crippen LogP contribution in [0.25, 0.3) is 0 Å². The Kier molecular flexibility index (Phi) is 3.62. The van der Waals surface area contributed by atoms with E-state index in [0.29, 0.717) is 11.1 Å². The normalized spacial score (nSPS) is 12.4. The van der Waals surface area contributed by atoms with Gasteiger partial charge in [0.1, 0.15) is 18.5 Å². The van der Waals surface area contributed by atoms with Crippen LogP contribution < -0.4 is 5.73 Å². The summed E-state index contributed by atoms with van der Waals surface area (Å²) in [6.07, 6.45) is 0.00296. The molecule has 0 radical (unpaired) electrons. The SMILES string of the molecule is NC(Cc1cc(O)ccc1C[18F])C(=O)O. The van der Waals surface area contributed by atoms with Gasteiger partial charge >= 0.3 is 5.97 Å². The van der Waals surface area contributed by atoms with Crippen molar-refractivity contribution >= 4 is 5.97 Å². The van der Waals surface area contributed by atoms with Crippen LogP contribution in [0.4, 0.5) is 4.39 Å². The van der Waals surface area contributed by atoms with Crippen molar-refractivity contribution < 1.29 is 19.4 Å². The number of halogens is 1. The molecule has 1 aromatic rings. The second kappa shape index (κ2) is 4.75. The lowest BCUT2D eigenvalue weighted by atomic mass is 10.0. The maximum Gasteiger partial charge on any atom is 0.320 e. The van der Waals surface area contributed by atoms with Gasteiger partial charge in [-0.2, -0.15) is 0 Å². The van der Waals surface area contributed by atoms with Crippen molar-refractivity contribution in [3.05, 3.63) is 29.3 Å². The zero-order valence-electron chi connectivity index (χ0n) is 7.98. The summed E-state index contributed by atoms with van der Waals surface area (Å²) in [5, 5.41) is 17.8. The maximum absolute atomic E-state index is 12.5. The molecule has 0 aliphatic rings. The first-order chi connectivity index (χ1) is 7.04. The van der Waals surface area contributed by atoms with E-state index in [9.17, 15) is 14.3 Å². The molecule has 0 saturated carbocycles. The van der Waals surface area contributed by atoms with E-state index in [2.05, 4.69) is 0 Å². The number of phenols is 1. The Labute approximate surface area is 86.1 Å². The molecule has 4 N–H and O–H groups in total. The van der Waals surface area contributed by atoms with Gasteiger partial charge in [-0.25, -0.2) is 4.39 Å². The van der Waals surface area contributed by atoms with Crippen LogP contribution >= 0.6 is 0 Å². The first-order valence-corrected chi connectivity index (χ1v) is 4.39. The van der Waals surface area contributed by atoms with Crippen molar-refractivity contribution in [1.29, 1.82) is 0 Å². The number of hydrogen-bond donors (Lipinski definition) is 3. The number of benzene rings is 1.